The van der Waals surface area contributed by atoms with Crippen LogP contribution in [0.3, 0.4) is 0 Å². The van der Waals surface area contributed by atoms with Gasteiger partial charge in [-0.25, -0.2) is 4.99 Å². The number of aliphatic imine (C=N–C) groups is 1. The van der Waals surface area contributed by atoms with E-state index in [1.165, 1.54) is 24.8 Å². The number of nitrogens with two attached hydrogens (primary N) is 1. The average molecular weight is 229 g/mol. The molecule has 1 aliphatic carbocycles. The first-order valence-corrected chi connectivity index (χ1v) is 6.46. The van der Waals surface area contributed by atoms with Crippen LogP contribution in [0.15, 0.2) is 35.3 Å². The van der Waals surface area contributed by atoms with E-state index in [0.29, 0.717) is 12.0 Å². The van der Waals surface area contributed by atoms with Crippen molar-refractivity contribution in [1.82, 2.24) is 4.90 Å². The highest BCUT2D eigenvalue weighted by Crippen LogP contribution is 2.28. The fourth-order valence-corrected chi connectivity index (χ4v) is 2.44. The summed E-state index contributed by atoms with van der Waals surface area (Å²) in [5.41, 5.74) is 7.46. The quantitative estimate of drug-likeness (QED) is 0.622. The Bertz CT molecular complexity index is 409. The molecule has 0 radical (unpaired) electrons. The molecule has 90 valence electrons. The standard InChI is InChI=1S/C14H19N3/c15-14(16-13-6-7-13)17-9-8-12(10-17)11-4-2-1-3-5-11/h1-5,12-13H,6-10H2,(H2,15,16). The molecule has 1 heterocycles. The lowest BCUT2D eigenvalue weighted by Crippen LogP contribution is -2.35. The molecular formula is C14H19N3. The minimum absolute atomic E-state index is 0.519. The van der Waals surface area contributed by atoms with Crippen LogP contribution in [-0.4, -0.2) is 30.0 Å². The fourth-order valence-electron chi connectivity index (χ4n) is 2.44. The number of guanidine groups is 1. The largest absolute Gasteiger partial charge is 0.370 e. The van der Waals surface area contributed by atoms with Gasteiger partial charge in [0, 0.05) is 19.0 Å². The highest BCUT2D eigenvalue weighted by atomic mass is 15.3. The van der Waals surface area contributed by atoms with Gasteiger partial charge in [0.1, 0.15) is 0 Å². The maximum Gasteiger partial charge on any atom is 0.191 e. The molecule has 1 unspecified atom stereocenters. The van der Waals surface area contributed by atoms with E-state index in [1.807, 2.05) is 0 Å². The van der Waals surface area contributed by atoms with E-state index < -0.39 is 0 Å². The van der Waals surface area contributed by atoms with Crippen LogP contribution in [0.4, 0.5) is 0 Å². The van der Waals surface area contributed by atoms with Gasteiger partial charge in [-0.3, -0.25) is 0 Å². The molecule has 3 heteroatoms. The van der Waals surface area contributed by atoms with Gasteiger partial charge < -0.3 is 10.6 Å². The maximum absolute atomic E-state index is 6.04. The van der Waals surface area contributed by atoms with Crippen LogP contribution in [-0.2, 0) is 0 Å². The van der Waals surface area contributed by atoms with Crippen molar-refractivity contribution < 1.29 is 0 Å². The fraction of sp³-hybridized carbons (Fsp3) is 0.500. The number of rotatable bonds is 2. The number of benzene rings is 1. The van der Waals surface area contributed by atoms with Crippen molar-refractivity contribution >= 4 is 5.96 Å². The summed E-state index contributed by atoms with van der Waals surface area (Å²) < 4.78 is 0. The summed E-state index contributed by atoms with van der Waals surface area (Å²) in [6.07, 6.45) is 3.62. The third-order valence-electron chi connectivity index (χ3n) is 3.64. The van der Waals surface area contributed by atoms with Gasteiger partial charge in [0.05, 0.1) is 6.04 Å². The molecule has 0 aromatic heterocycles. The molecule has 1 aliphatic heterocycles. The Hall–Kier alpha value is -1.51. The summed E-state index contributed by atoms with van der Waals surface area (Å²) in [6.45, 7) is 2.06. The van der Waals surface area contributed by atoms with Crippen molar-refractivity contribution in [1.29, 1.82) is 0 Å². The first-order valence-electron chi connectivity index (χ1n) is 6.46. The van der Waals surface area contributed by atoms with E-state index in [2.05, 4.69) is 40.2 Å². The average Bonchev–Trinajstić information content (AvgIpc) is 3.04. The molecule has 1 aromatic rings. The summed E-state index contributed by atoms with van der Waals surface area (Å²) in [6, 6.07) is 11.2. The number of hydrogen-bond acceptors (Lipinski definition) is 1. The highest BCUT2D eigenvalue weighted by Gasteiger charge is 2.27. The monoisotopic (exact) mass is 229 g/mol. The Morgan fingerprint density at radius 2 is 1.94 bits per heavy atom. The topological polar surface area (TPSA) is 41.6 Å². The minimum Gasteiger partial charge on any atom is -0.370 e. The van der Waals surface area contributed by atoms with Gasteiger partial charge in [0.2, 0.25) is 0 Å². The second-order valence-corrected chi connectivity index (χ2v) is 5.06. The van der Waals surface area contributed by atoms with Crippen molar-refractivity contribution in [2.75, 3.05) is 13.1 Å². The summed E-state index contributed by atoms with van der Waals surface area (Å²) >= 11 is 0. The molecule has 17 heavy (non-hydrogen) atoms. The van der Waals surface area contributed by atoms with Crippen molar-refractivity contribution in [2.45, 2.75) is 31.2 Å². The van der Waals surface area contributed by atoms with Crippen LogP contribution in [0, 0.1) is 0 Å². The Balaban J connectivity index is 1.65. The van der Waals surface area contributed by atoms with E-state index in [1.54, 1.807) is 0 Å². The van der Waals surface area contributed by atoms with Crippen molar-refractivity contribution in [3.63, 3.8) is 0 Å². The molecule has 2 N–H and O–H groups in total. The molecule has 3 rings (SSSR count). The molecule has 1 saturated heterocycles. The molecule has 3 nitrogen and oxygen atoms in total. The molecular weight excluding hydrogens is 210 g/mol. The number of nitrogens with zero attached hydrogens (tertiary/aromatic N) is 2. The van der Waals surface area contributed by atoms with Crippen molar-refractivity contribution in [3.8, 4) is 0 Å². The van der Waals surface area contributed by atoms with Gasteiger partial charge in [-0.15, -0.1) is 0 Å². The number of likely N-dealkylation sites (tertiary alicyclic amines) is 1. The molecule has 1 aromatic carbocycles. The summed E-state index contributed by atoms with van der Waals surface area (Å²) in [5, 5.41) is 0. The molecule has 0 amide bonds. The predicted molar refractivity (Wildman–Crippen MR) is 70.0 cm³/mol. The van der Waals surface area contributed by atoms with Crippen LogP contribution < -0.4 is 5.73 Å². The molecule has 2 fully saturated rings. The van der Waals surface area contributed by atoms with Gasteiger partial charge in [-0.1, -0.05) is 30.3 Å². The van der Waals surface area contributed by atoms with Crippen LogP contribution in [0.1, 0.15) is 30.7 Å². The Kier molecular flexibility index (Phi) is 2.75. The lowest BCUT2D eigenvalue weighted by atomic mass is 9.99. The Labute approximate surface area is 102 Å². The lowest BCUT2D eigenvalue weighted by Gasteiger charge is -2.17. The third kappa shape index (κ3) is 2.43. The molecule has 2 aliphatic rings. The van der Waals surface area contributed by atoms with E-state index in [-0.39, 0.29) is 0 Å². The normalized spacial score (nSPS) is 25.3. The first kappa shape index (κ1) is 10.6. The number of hydrogen-bond donors (Lipinski definition) is 1. The van der Waals surface area contributed by atoms with Crippen LogP contribution >= 0.6 is 0 Å². The summed E-state index contributed by atoms with van der Waals surface area (Å²) in [7, 11) is 0. The predicted octanol–water partition coefficient (Wildman–Crippen LogP) is 1.95. The summed E-state index contributed by atoms with van der Waals surface area (Å²) in [5.74, 6) is 1.37. The van der Waals surface area contributed by atoms with E-state index >= 15 is 0 Å². The van der Waals surface area contributed by atoms with Gasteiger partial charge in [0.15, 0.2) is 5.96 Å². The maximum atomic E-state index is 6.04. The van der Waals surface area contributed by atoms with E-state index in [4.69, 9.17) is 5.73 Å². The Morgan fingerprint density at radius 1 is 1.18 bits per heavy atom. The van der Waals surface area contributed by atoms with Gasteiger partial charge >= 0.3 is 0 Å². The third-order valence-corrected chi connectivity index (χ3v) is 3.64. The van der Waals surface area contributed by atoms with Gasteiger partial charge in [0.25, 0.3) is 0 Å². The lowest BCUT2D eigenvalue weighted by molar-refractivity contribution is 0.501. The van der Waals surface area contributed by atoms with Crippen molar-refractivity contribution in [2.24, 2.45) is 10.7 Å². The molecule has 1 saturated carbocycles. The zero-order chi connectivity index (χ0) is 11.7. The van der Waals surface area contributed by atoms with Crippen LogP contribution in [0.25, 0.3) is 0 Å². The molecule has 0 bridgehead atoms. The second kappa shape index (κ2) is 4.40. The second-order valence-electron chi connectivity index (χ2n) is 5.06. The van der Waals surface area contributed by atoms with Crippen LogP contribution in [0.5, 0.6) is 0 Å². The Morgan fingerprint density at radius 3 is 2.65 bits per heavy atom. The first-order chi connectivity index (χ1) is 8.33. The van der Waals surface area contributed by atoms with E-state index in [0.717, 1.165) is 19.0 Å². The minimum atomic E-state index is 0.519. The highest BCUT2D eigenvalue weighted by molar-refractivity contribution is 5.78. The SMILES string of the molecule is NC(=NC1CC1)N1CCC(c2ccccc2)C1. The molecule has 0 spiro atoms. The summed E-state index contributed by atoms with van der Waals surface area (Å²) in [4.78, 5) is 6.75. The van der Waals surface area contributed by atoms with E-state index in [9.17, 15) is 0 Å². The van der Waals surface area contributed by atoms with Gasteiger partial charge in [-0.05, 0) is 24.8 Å². The zero-order valence-corrected chi connectivity index (χ0v) is 10.0. The zero-order valence-electron chi connectivity index (χ0n) is 10.0. The van der Waals surface area contributed by atoms with Crippen molar-refractivity contribution in [3.05, 3.63) is 35.9 Å². The van der Waals surface area contributed by atoms with Crippen LogP contribution in [0.2, 0.25) is 0 Å². The smallest absolute Gasteiger partial charge is 0.191 e. The molecule has 1 atom stereocenters. The van der Waals surface area contributed by atoms with Gasteiger partial charge in [-0.2, -0.15) is 0 Å².